The lowest BCUT2D eigenvalue weighted by Crippen LogP contribution is -1.86. The van der Waals surface area contributed by atoms with Gasteiger partial charge in [0.2, 0.25) is 0 Å². The molecule has 1 aromatic carbocycles. The minimum atomic E-state index is 0.554. The van der Waals surface area contributed by atoms with Gasteiger partial charge in [-0.25, -0.2) is 0 Å². The van der Waals surface area contributed by atoms with Crippen LogP contribution in [0, 0.1) is 6.92 Å². The van der Waals surface area contributed by atoms with Gasteiger partial charge in [0.1, 0.15) is 18.2 Å². The number of hydrogen-bond donors (Lipinski definition) is 0. The molecule has 0 amide bonds. The second-order valence-electron chi connectivity index (χ2n) is 3.04. The van der Waals surface area contributed by atoms with Gasteiger partial charge in [-0.2, -0.15) is 0 Å². The summed E-state index contributed by atoms with van der Waals surface area (Å²) in [6.07, 6.45) is 2.26. The maximum absolute atomic E-state index is 10.5. The van der Waals surface area contributed by atoms with Crippen LogP contribution in [0.25, 0.3) is 0 Å². The molecule has 0 aliphatic rings. The van der Waals surface area contributed by atoms with E-state index in [0.29, 0.717) is 22.8 Å². The van der Waals surface area contributed by atoms with Gasteiger partial charge >= 0.3 is 0 Å². The highest BCUT2D eigenvalue weighted by molar-refractivity contribution is 5.75. The van der Waals surface area contributed by atoms with Gasteiger partial charge in [0.05, 0.1) is 0 Å². The number of ether oxygens (including phenoxy) is 1. The molecule has 0 bridgehead atoms. The van der Waals surface area contributed by atoms with Gasteiger partial charge in [-0.15, -0.1) is 0 Å². The highest BCUT2D eigenvalue weighted by Gasteiger charge is 2.05. The number of rotatable bonds is 3. The van der Waals surface area contributed by atoms with Gasteiger partial charge in [-0.05, 0) is 12.1 Å². The highest BCUT2D eigenvalue weighted by atomic mass is 16.5. The summed E-state index contributed by atoms with van der Waals surface area (Å²) >= 11 is 0. The van der Waals surface area contributed by atoms with Gasteiger partial charge in [0.25, 0.3) is 0 Å². The SMILES string of the molecule is Cc1oncc1Oc1cccc(C=O)c1. The average molecular weight is 203 g/mol. The van der Waals surface area contributed by atoms with E-state index in [-0.39, 0.29) is 0 Å². The Hall–Kier alpha value is -2.10. The second kappa shape index (κ2) is 3.96. The molecule has 0 atom stereocenters. The molecule has 0 unspecified atom stereocenters. The molecule has 1 heterocycles. The first-order chi connectivity index (χ1) is 7.29. The second-order valence-corrected chi connectivity index (χ2v) is 3.04. The van der Waals surface area contributed by atoms with Crippen molar-refractivity contribution in [2.24, 2.45) is 0 Å². The first-order valence-electron chi connectivity index (χ1n) is 4.44. The minimum Gasteiger partial charge on any atom is -0.452 e. The van der Waals surface area contributed by atoms with Crippen LogP contribution >= 0.6 is 0 Å². The van der Waals surface area contributed by atoms with Crippen molar-refractivity contribution in [2.45, 2.75) is 6.92 Å². The Morgan fingerprint density at radius 3 is 3.00 bits per heavy atom. The van der Waals surface area contributed by atoms with Crippen LogP contribution in [0.3, 0.4) is 0 Å². The number of nitrogens with zero attached hydrogens (tertiary/aromatic N) is 1. The van der Waals surface area contributed by atoms with E-state index in [0.717, 1.165) is 6.29 Å². The number of hydrogen-bond acceptors (Lipinski definition) is 4. The number of benzene rings is 1. The zero-order chi connectivity index (χ0) is 10.7. The summed E-state index contributed by atoms with van der Waals surface area (Å²) in [4.78, 5) is 10.5. The molecular formula is C11H9NO3. The number of aldehydes is 1. The van der Waals surface area contributed by atoms with Crippen molar-refractivity contribution in [3.05, 3.63) is 41.8 Å². The smallest absolute Gasteiger partial charge is 0.189 e. The fourth-order valence-corrected chi connectivity index (χ4v) is 1.17. The summed E-state index contributed by atoms with van der Waals surface area (Å²) in [5, 5.41) is 3.59. The van der Waals surface area contributed by atoms with Crippen molar-refractivity contribution >= 4 is 6.29 Å². The van der Waals surface area contributed by atoms with Gasteiger partial charge < -0.3 is 9.26 Å². The summed E-state index contributed by atoms with van der Waals surface area (Å²) in [5.41, 5.74) is 0.571. The molecule has 4 nitrogen and oxygen atoms in total. The predicted molar refractivity (Wildman–Crippen MR) is 53.1 cm³/mol. The number of carbonyl (C=O) groups excluding carboxylic acids is 1. The molecule has 2 rings (SSSR count). The normalized spacial score (nSPS) is 9.93. The standard InChI is InChI=1S/C11H9NO3/c1-8-11(6-12-15-8)14-10-4-2-3-9(5-10)7-13/h2-7H,1H3. The third kappa shape index (κ3) is 2.04. The summed E-state index contributed by atoms with van der Waals surface area (Å²) < 4.78 is 10.3. The summed E-state index contributed by atoms with van der Waals surface area (Å²) in [6, 6.07) is 6.88. The lowest BCUT2D eigenvalue weighted by atomic mass is 10.2. The van der Waals surface area contributed by atoms with Crippen LogP contribution < -0.4 is 4.74 Å². The van der Waals surface area contributed by atoms with Crippen LogP contribution in [0.1, 0.15) is 16.1 Å². The van der Waals surface area contributed by atoms with Crippen molar-refractivity contribution in [2.75, 3.05) is 0 Å². The molecule has 1 aromatic heterocycles. The summed E-state index contributed by atoms with van der Waals surface area (Å²) in [7, 11) is 0. The molecule has 0 saturated heterocycles. The first-order valence-corrected chi connectivity index (χ1v) is 4.44. The molecular weight excluding hydrogens is 194 g/mol. The number of aryl methyl sites for hydroxylation is 1. The van der Waals surface area contributed by atoms with Crippen molar-refractivity contribution in [1.29, 1.82) is 0 Å². The quantitative estimate of drug-likeness (QED) is 0.719. The maximum atomic E-state index is 10.5. The van der Waals surface area contributed by atoms with Crippen LogP contribution in [0.5, 0.6) is 11.5 Å². The van der Waals surface area contributed by atoms with E-state index >= 15 is 0 Å². The highest BCUT2D eigenvalue weighted by Crippen LogP contribution is 2.24. The van der Waals surface area contributed by atoms with Gasteiger partial charge in [0, 0.05) is 12.5 Å². The summed E-state index contributed by atoms with van der Waals surface area (Å²) in [6.45, 7) is 1.76. The van der Waals surface area contributed by atoms with Gasteiger partial charge in [0.15, 0.2) is 11.5 Å². The fourth-order valence-electron chi connectivity index (χ4n) is 1.17. The van der Waals surface area contributed by atoms with E-state index in [1.807, 2.05) is 0 Å². The molecule has 0 saturated carbocycles. The van der Waals surface area contributed by atoms with E-state index < -0.39 is 0 Å². The van der Waals surface area contributed by atoms with Crippen molar-refractivity contribution < 1.29 is 14.1 Å². The molecule has 76 valence electrons. The third-order valence-corrected chi connectivity index (χ3v) is 1.93. The Morgan fingerprint density at radius 2 is 2.33 bits per heavy atom. The molecule has 15 heavy (non-hydrogen) atoms. The minimum absolute atomic E-state index is 0.554. The van der Waals surface area contributed by atoms with Crippen molar-refractivity contribution in [1.82, 2.24) is 5.16 Å². The monoisotopic (exact) mass is 203 g/mol. The Balaban J connectivity index is 2.24. The largest absolute Gasteiger partial charge is 0.452 e. The fraction of sp³-hybridized carbons (Fsp3) is 0.0909. The zero-order valence-corrected chi connectivity index (χ0v) is 8.14. The summed E-state index contributed by atoms with van der Waals surface area (Å²) in [5.74, 6) is 1.75. The van der Waals surface area contributed by atoms with Gasteiger partial charge in [-0.3, -0.25) is 4.79 Å². The van der Waals surface area contributed by atoms with Crippen LogP contribution in [-0.4, -0.2) is 11.4 Å². The molecule has 0 fully saturated rings. The Morgan fingerprint density at radius 1 is 1.47 bits per heavy atom. The third-order valence-electron chi connectivity index (χ3n) is 1.93. The van der Waals surface area contributed by atoms with E-state index in [1.54, 1.807) is 31.2 Å². The molecule has 0 spiro atoms. The molecule has 2 aromatic rings. The molecule has 0 aliphatic carbocycles. The van der Waals surface area contributed by atoms with Crippen LogP contribution in [0.15, 0.2) is 35.0 Å². The van der Waals surface area contributed by atoms with E-state index in [4.69, 9.17) is 9.26 Å². The average Bonchev–Trinajstić information content (AvgIpc) is 2.65. The van der Waals surface area contributed by atoms with E-state index in [9.17, 15) is 4.79 Å². The Labute approximate surface area is 86.5 Å². The van der Waals surface area contributed by atoms with E-state index in [1.165, 1.54) is 6.20 Å². The Kier molecular flexibility index (Phi) is 2.49. The number of aromatic nitrogens is 1. The van der Waals surface area contributed by atoms with Crippen LogP contribution in [0.4, 0.5) is 0 Å². The van der Waals surface area contributed by atoms with Crippen LogP contribution in [-0.2, 0) is 0 Å². The van der Waals surface area contributed by atoms with Crippen molar-refractivity contribution in [3.8, 4) is 11.5 Å². The van der Waals surface area contributed by atoms with E-state index in [2.05, 4.69) is 5.16 Å². The molecule has 0 N–H and O–H groups in total. The van der Waals surface area contributed by atoms with Crippen molar-refractivity contribution in [3.63, 3.8) is 0 Å². The lowest BCUT2D eigenvalue weighted by Gasteiger charge is -2.02. The topological polar surface area (TPSA) is 52.3 Å². The molecule has 0 radical (unpaired) electrons. The molecule has 4 heteroatoms. The van der Waals surface area contributed by atoms with Gasteiger partial charge in [-0.1, -0.05) is 17.3 Å². The lowest BCUT2D eigenvalue weighted by molar-refractivity contribution is 0.112. The predicted octanol–water partition coefficient (Wildman–Crippen LogP) is 2.59. The van der Waals surface area contributed by atoms with Crippen LogP contribution in [0.2, 0.25) is 0 Å². The number of carbonyl (C=O) groups is 1. The zero-order valence-electron chi connectivity index (χ0n) is 8.14. The Bertz CT molecular complexity index is 476. The molecule has 0 aliphatic heterocycles. The first kappa shape index (κ1) is 9.45. The maximum Gasteiger partial charge on any atom is 0.189 e.